The van der Waals surface area contributed by atoms with Crippen LogP contribution in [0.2, 0.25) is 10.0 Å². The molecule has 0 aliphatic carbocycles. The molecule has 0 saturated carbocycles. The molecule has 0 unspecified atom stereocenters. The van der Waals surface area contributed by atoms with E-state index >= 15 is 0 Å². The van der Waals surface area contributed by atoms with Crippen molar-refractivity contribution >= 4 is 40.1 Å². The summed E-state index contributed by atoms with van der Waals surface area (Å²) in [6.45, 7) is 3.76. The first-order valence-electron chi connectivity index (χ1n) is 10.6. The molecular formula is C22H22Cl2N8O. The van der Waals surface area contributed by atoms with Gasteiger partial charge in [-0.05, 0) is 31.2 Å². The maximum absolute atomic E-state index is 6.22. The Balaban J connectivity index is 1.40. The molecule has 4 N–H and O–H groups in total. The number of hydrogen-bond donors (Lipinski definition) is 3. The summed E-state index contributed by atoms with van der Waals surface area (Å²) in [5.41, 5.74) is 9.09. The van der Waals surface area contributed by atoms with Crippen molar-refractivity contribution in [3.05, 3.63) is 58.6 Å². The molecule has 0 bridgehead atoms. The first kappa shape index (κ1) is 21.8. The fraction of sp³-hybridized carbons (Fsp3) is 0.273. The van der Waals surface area contributed by atoms with E-state index in [2.05, 4.69) is 35.4 Å². The molecule has 33 heavy (non-hydrogen) atoms. The number of benzene rings is 1. The van der Waals surface area contributed by atoms with Crippen LogP contribution in [0.3, 0.4) is 0 Å². The van der Waals surface area contributed by atoms with E-state index < -0.39 is 6.23 Å². The van der Waals surface area contributed by atoms with Crippen LogP contribution in [-0.2, 0) is 0 Å². The van der Waals surface area contributed by atoms with E-state index in [-0.39, 0.29) is 0 Å². The number of nitrogens with one attached hydrogen (secondary N) is 2. The Morgan fingerprint density at radius 3 is 2.61 bits per heavy atom. The first-order chi connectivity index (χ1) is 16.1. The predicted octanol–water partition coefficient (Wildman–Crippen LogP) is 3.56. The molecular weight excluding hydrogens is 463 g/mol. The van der Waals surface area contributed by atoms with Crippen molar-refractivity contribution < 1.29 is 4.74 Å². The van der Waals surface area contributed by atoms with Crippen LogP contribution in [-0.4, -0.2) is 51.3 Å². The number of anilines is 1. The summed E-state index contributed by atoms with van der Waals surface area (Å²) in [7, 11) is 0. The molecule has 4 heterocycles. The zero-order valence-electron chi connectivity index (χ0n) is 17.6. The van der Waals surface area contributed by atoms with Crippen molar-refractivity contribution in [1.82, 2.24) is 30.5 Å². The van der Waals surface area contributed by atoms with E-state index in [1.54, 1.807) is 18.5 Å². The van der Waals surface area contributed by atoms with Crippen molar-refractivity contribution in [3.8, 4) is 17.0 Å². The third kappa shape index (κ3) is 4.58. The summed E-state index contributed by atoms with van der Waals surface area (Å²) in [5, 5.41) is 12.4. The molecule has 1 atom stereocenters. The number of H-pyrrole nitrogens is 1. The average Bonchev–Trinajstić information content (AvgIpc) is 3.04. The number of aromatic nitrogens is 5. The van der Waals surface area contributed by atoms with Crippen LogP contribution in [0.1, 0.15) is 18.2 Å². The van der Waals surface area contributed by atoms with Gasteiger partial charge >= 0.3 is 0 Å². The third-order valence-electron chi connectivity index (χ3n) is 5.51. The minimum absolute atomic E-state index is 0.345. The van der Waals surface area contributed by atoms with Crippen LogP contribution in [0.5, 0.6) is 5.75 Å². The van der Waals surface area contributed by atoms with Crippen molar-refractivity contribution in [2.75, 3.05) is 31.1 Å². The largest absolute Gasteiger partial charge is 0.471 e. The number of hydrogen-bond acceptors (Lipinski definition) is 8. The van der Waals surface area contributed by atoms with Gasteiger partial charge in [-0.25, -0.2) is 9.97 Å². The molecule has 0 amide bonds. The van der Waals surface area contributed by atoms with Crippen molar-refractivity contribution in [1.29, 1.82) is 0 Å². The highest BCUT2D eigenvalue weighted by molar-refractivity contribution is 6.35. The number of rotatable bonds is 5. The zero-order chi connectivity index (χ0) is 22.8. The number of nitrogens with two attached hydrogens (primary N) is 1. The topological polar surface area (TPSA) is 118 Å². The first-order valence-corrected chi connectivity index (χ1v) is 11.3. The van der Waals surface area contributed by atoms with E-state index in [1.165, 1.54) is 12.4 Å². The van der Waals surface area contributed by atoms with Gasteiger partial charge in [0.25, 0.3) is 0 Å². The summed E-state index contributed by atoms with van der Waals surface area (Å²) in [5.74, 6) is 1.28. The third-order valence-corrected chi connectivity index (χ3v) is 6.11. The fourth-order valence-electron chi connectivity index (χ4n) is 3.84. The molecule has 11 heteroatoms. The highest BCUT2D eigenvalue weighted by atomic mass is 35.5. The molecule has 9 nitrogen and oxygen atoms in total. The van der Waals surface area contributed by atoms with Crippen molar-refractivity contribution in [2.24, 2.45) is 5.73 Å². The number of halogens is 2. The van der Waals surface area contributed by atoms with Crippen LogP contribution < -0.4 is 20.7 Å². The molecule has 1 saturated heterocycles. The van der Waals surface area contributed by atoms with E-state index in [1.807, 2.05) is 12.1 Å². The molecule has 5 rings (SSSR count). The normalized spacial score (nSPS) is 15.4. The van der Waals surface area contributed by atoms with Crippen LogP contribution >= 0.6 is 23.2 Å². The molecule has 0 spiro atoms. The molecule has 1 aromatic carbocycles. The Morgan fingerprint density at radius 1 is 1.03 bits per heavy atom. The van der Waals surface area contributed by atoms with Gasteiger partial charge in [0.2, 0.25) is 5.95 Å². The van der Waals surface area contributed by atoms with E-state index in [9.17, 15) is 0 Å². The Kier molecular flexibility index (Phi) is 6.28. The lowest BCUT2D eigenvalue weighted by molar-refractivity contribution is 0.214. The molecule has 1 aliphatic heterocycles. The Labute approximate surface area is 200 Å². The summed E-state index contributed by atoms with van der Waals surface area (Å²) >= 11 is 12.4. The quantitative estimate of drug-likeness (QED) is 0.368. The minimum atomic E-state index is -0.855. The molecule has 170 valence electrons. The molecule has 1 aliphatic rings. The standard InChI is InChI=1S/C22H22Cl2N8O/c23-16-11-27-12-17(24)19(16)21(25)33-14-2-3-18-15(8-14)20(31-30-18)13-9-28-22(29-10-13)32-6-1-4-26-5-7-32/h2-3,8-12,21,26H,1,4-7,25H2,(H,30,31)/t21-/m0/s1. The molecule has 4 aromatic rings. The van der Waals surface area contributed by atoms with Crippen molar-refractivity contribution in [2.45, 2.75) is 12.6 Å². The maximum Gasteiger partial charge on any atom is 0.225 e. The second-order valence-corrected chi connectivity index (χ2v) is 8.51. The van der Waals surface area contributed by atoms with Gasteiger partial charge in [0, 0.05) is 60.9 Å². The van der Waals surface area contributed by atoms with Crippen LogP contribution in [0.15, 0.2) is 43.0 Å². The molecule has 1 fully saturated rings. The lowest BCUT2D eigenvalue weighted by atomic mass is 10.1. The fourth-order valence-corrected chi connectivity index (χ4v) is 4.42. The SMILES string of the molecule is N[C@@H](Oc1ccc2[nH]nc(-c3cnc(N4CCCNCC4)nc3)c2c1)c1c(Cl)cncc1Cl. The highest BCUT2D eigenvalue weighted by Gasteiger charge is 2.18. The van der Waals surface area contributed by atoms with Gasteiger partial charge in [0.05, 0.1) is 15.6 Å². The second-order valence-electron chi connectivity index (χ2n) is 7.70. The monoisotopic (exact) mass is 484 g/mol. The van der Waals surface area contributed by atoms with Gasteiger partial charge < -0.3 is 15.0 Å². The van der Waals surface area contributed by atoms with Gasteiger partial charge in [-0.1, -0.05) is 23.2 Å². The van der Waals surface area contributed by atoms with Crippen molar-refractivity contribution in [3.63, 3.8) is 0 Å². The Morgan fingerprint density at radius 2 is 1.82 bits per heavy atom. The Bertz CT molecular complexity index is 1230. The lowest BCUT2D eigenvalue weighted by Gasteiger charge is -2.19. The molecule has 0 radical (unpaired) electrons. The minimum Gasteiger partial charge on any atom is -0.471 e. The summed E-state index contributed by atoms with van der Waals surface area (Å²) in [6.07, 6.45) is 6.77. The van der Waals surface area contributed by atoms with Gasteiger partial charge in [-0.3, -0.25) is 15.8 Å². The number of nitrogens with zero attached hydrogens (tertiary/aromatic N) is 5. The average molecular weight is 485 g/mol. The van der Waals surface area contributed by atoms with Gasteiger partial charge in [0.1, 0.15) is 11.4 Å². The number of ether oxygens (including phenoxy) is 1. The zero-order valence-corrected chi connectivity index (χ0v) is 19.1. The summed E-state index contributed by atoms with van der Waals surface area (Å²) in [6, 6.07) is 5.55. The van der Waals surface area contributed by atoms with Gasteiger partial charge in [-0.15, -0.1) is 0 Å². The van der Waals surface area contributed by atoms with Crippen LogP contribution in [0.25, 0.3) is 22.2 Å². The van der Waals surface area contributed by atoms with E-state index in [0.717, 1.165) is 60.7 Å². The van der Waals surface area contributed by atoms with E-state index in [4.69, 9.17) is 33.7 Å². The summed E-state index contributed by atoms with van der Waals surface area (Å²) in [4.78, 5) is 15.3. The number of aromatic amines is 1. The smallest absolute Gasteiger partial charge is 0.225 e. The van der Waals surface area contributed by atoms with Gasteiger partial charge in [-0.2, -0.15) is 5.10 Å². The van der Waals surface area contributed by atoms with Gasteiger partial charge in [0.15, 0.2) is 6.23 Å². The lowest BCUT2D eigenvalue weighted by Crippen LogP contribution is -2.29. The number of pyridine rings is 1. The molecule has 3 aromatic heterocycles. The second kappa shape index (κ2) is 9.48. The summed E-state index contributed by atoms with van der Waals surface area (Å²) < 4.78 is 5.94. The number of fused-ring (bicyclic) bond motifs is 1. The highest BCUT2D eigenvalue weighted by Crippen LogP contribution is 2.33. The van der Waals surface area contributed by atoms with E-state index in [0.29, 0.717) is 21.4 Å². The maximum atomic E-state index is 6.22. The van der Waals surface area contributed by atoms with Crippen LogP contribution in [0, 0.1) is 0 Å². The Hall–Kier alpha value is -2.98. The predicted molar refractivity (Wildman–Crippen MR) is 129 cm³/mol. The van der Waals surface area contributed by atoms with Crippen LogP contribution in [0.4, 0.5) is 5.95 Å².